The van der Waals surface area contributed by atoms with Crippen LogP contribution in [0.2, 0.25) is 0 Å². The molecule has 162 valence electrons. The van der Waals surface area contributed by atoms with Crippen molar-refractivity contribution in [3.63, 3.8) is 0 Å². The number of piperidine rings is 1. The zero-order valence-corrected chi connectivity index (χ0v) is 18.5. The predicted octanol–water partition coefficient (Wildman–Crippen LogP) is 3.18. The van der Waals surface area contributed by atoms with Crippen LogP contribution in [0, 0.1) is 25.6 Å². The molecule has 0 spiro atoms. The van der Waals surface area contributed by atoms with Gasteiger partial charge < -0.3 is 9.84 Å². The molecule has 1 unspecified atom stereocenters. The Morgan fingerprint density at radius 1 is 1.27 bits per heavy atom. The minimum Gasteiger partial charge on any atom is -0.360 e. The molecule has 3 heterocycles. The van der Waals surface area contributed by atoms with Crippen LogP contribution < -0.4 is 5.32 Å². The maximum Gasteiger partial charge on any atom is 0.248 e. The monoisotopic (exact) mass is 453 g/mol. The van der Waals surface area contributed by atoms with E-state index in [-0.39, 0.29) is 47.4 Å². The Morgan fingerprint density at radius 2 is 2.00 bits per heavy atom. The summed E-state index contributed by atoms with van der Waals surface area (Å²) in [5.74, 6) is 0.388. The summed E-state index contributed by atoms with van der Waals surface area (Å²) in [7, 11) is -3.70. The summed E-state index contributed by atoms with van der Waals surface area (Å²) in [5.41, 5.74) is 1.16. The van der Waals surface area contributed by atoms with Crippen LogP contribution in [0.25, 0.3) is 0 Å². The third kappa shape index (κ3) is 3.88. The number of fused-ring (bicyclic) bond motifs is 1. The largest absolute Gasteiger partial charge is 0.360 e. The number of rotatable bonds is 4. The van der Waals surface area contributed by atoms with Gasteiger partial charge in [0.05, 0.1) is 6.04 Å². The van der Waals surface area contributed by atoms with Crippen LogP contribution in [0.3, 0.4) is 0 Å². The van der Waals surface area contributed by atoms with Gasteiger partial charge in [-0.2, -0.15) is 4.31 Å². The molecule has 30 heavy (non-hydrogen) atoms. The summed E-state index contributed by atoms with van der Waals surface area (Å²) in [6.45, 7) is 3.70. The Bertz CT molecular complexity index is 1040. The van der Waals surface area contributed by atoms with E-state index in [1.54, 1.807) is 19.9 Å². The molecule has 4 rings (SSSR count). The van der Waals surface area contributed by atoms with Crippen molar-refractivity contribution in [1.82, 2.24) is 14.8 Å². The molecule has 0 bridgehead atoms. The molecule has 2 aliphatic heterocycles. The first-order valence-electron chi connectivity index (χ1n) is 9.93. The van der Waals surface area contributed by atoms with E-state index in [1.165, 1.54) is 22.1 Å². The molecule has 1 amide bonds. The van der Waals surface area contributed by atoms with Crippen molar-refractivity contribution >= 4 is 27.7 Å². The number of thioether (sulfide) groups is 1. The highest BCUT2D eigenvalue weighted by Gasteiger charge is 2.36. The molecule has 7 nitrogen and oxygen atoms in total. The lowest BCUT2D eigenvalue weighted by atomic mass is 9.95. The fourth-order valence-electron chi connectivity index (χ4n) is 4.16. The highest BCUT2D eigenvalue weighted by atomic mass is 32.2. The van der Waals surface area contributed by atoms with E-state index in [4.69, 9.17) is 4.52 Å². The molecule has 0 saturated carbocycles. The van der Waals surface area contributed by atoms with Gasteiger partial charge in [-0.15, -0.1) is 11.8 Å². The molecule has 1 fully saturated rings. The van der Waals surface area contributed by atoms with Crippen LogP contribution in [0.1, 0.15) is 42.3 Å². The van der Waals surface area contributed by atoms with Gasteiger partial charge in [0.25, 0.3) is 0 Å². The molecule has 1 N–H and O–H groups in total. The smallest absolute Gasteiger partial charge is 0.248 e. The van der Waals surface area contributed by atoms with Gasteiger partial charge in [0, 0.05) is 29.7 Å². The zero-order chi connectivity index (χ0) is 21.5. The Balaban J connectivity index is 1.41. The van der Waals surface area contributed by atoms with Crippen molar-refractivity contribution in [3.8, 4) is 0 Å². The standard InChI is InChI=1S/C20H24FN3O4S2/c1-12-19(13(2)28-23-12)30(26,27)24-9-6-14(7-10-24)20(25)22-17-8-11-29-18-15(17)4-3-5-16(18)21/h3-5,14,17H,6-11H2,1-2H3,(H,22,25). The number of aryl methyl sites for hydroxylation is 2. The van der Waals surface area contributed by atoms with Gasteiger partial charge in [-0.05, 0) is 44.7 Å². The Labute approximate surface area is 179 Å². The van der Waals surface area contributed by atoms with Crippen molar-refractivity contribution in [2.45, 2.75) is 48.9 Å². The number of carbonyl (C=O) groups is 1. The van der Waals surface area contributed by atoms with Gasteiger partial charge in [0.1, 0.15) is 16.4 Å². The average molecular weight is 454 g/mol. The summed E-state index contributed by atoms with van der Waals surface area (Å²) in [5, 5.41) is 6.80. The van der Waals surface area contributed by atoms with Crippen LogP contribution in [-0.4, -0.2) is 42.6 Å². The number of aromatic nitrogens is 1. The van der Waals surface area contributed by atoms with E-state index in [1.807, 2.05) is 6.07 Å². The molecule has 0 radical (unpaired) electrons. The third-order valence-corrected chi connectivity index (χ3v) is 9.04. The normalized spacial score (nSPS) is 20.7. The molecule has 1 atom stereocenters. The minimum atomic E-state index is -3.70. The number of carbonyl (C=O) groups excluding carboxylic acids is 1. The summed E-state index contributed by atoms with van der Waals surface area (Å²) in [6, 6.07) is 4.74. The number of hydrogen-bond donors (Lipinski definition) is 1. The van der Waals surface area contributed by atoms with Gasteiger partial charge in [-0.1, -0.05) is 17.3 Å². The lowest BCUT2D eigenvalue weighted by molar-refractivity contribution is -0.127. The third-order valence-electron chi connectivity index (χ3n) is 5.73. The predicted molar refractivity (Wildman–Crippen MR) is 110 cm³/mol. The Morgan fingerprint density at radius 3 is 2.67 bits per heavy atom. The molecule has 0 aliphatic carbocycles. The highest BCUT2D eigenvalue weighted by molar-refractivity contribution is 7.99. The molecule has 2 aromatic rings. The van der Waals surface area contributed by atoms with E-state index in [0.29, 0.717) is 23.4 Å². The molecule has 1 aromatic carbocycles. The lowest BCUT2D eigenvalue weighted by Crippen LogP contribution is -2.44. The first kappa shape index (κ1) is 21.3. The number of hydrogen-bond acceptors (Lipinski definition) is 6. The zero-order valence-electron chi connectivity index (χ0n) is 16.9. The molecular weight excluding hydrogens is 429 g/mol. The molecule has 2 aliphatic rings. The summed E-state index contributed by atoms with van der Waals surface area (Å²) < 4.78 is 46.3. The lowest BCUT2D eigenvalue weighted by Gasteiger charge is -2.32. The molecule has 10 heteroatoms. The second-order valence-electron chi connectivity index (χ2n) is 7.69. The quantitative estimate of drug-likeness (QED) is 0.764. The van der Waals surface area contributed by atoms with Crippen molar-refractivity contribution in [2.24, 2.45) is 5.92 Å². The second kappa shape index (κ2) is 8.32. The fourth-order valence-corrected chi connectivity index (χ4v) is 7.06. The van der Waals surface area contributed by atoms with Gasteiger partial charge >= 0.3 is 0 Å². The maximum absolute atomic E-state index is 14.1. The summed E-state index contributed by atoms with van der Waals surface area (Å²) in [4.78, 5) is 13.6. The highest BCUT2D eigenvalue weighted by Crippen LogP contribution is 2.38. The SMILES string of the molecule is Cc1noc(C)c1S(=O)(=O)N1CCC(C(=O)NC2CCSc3c(F)cccc32)CC1. The number of halogens is 1. The maximum atomic E-state index is 14.1. The first-order valence-corrected chi connectivity index (χ1v) is 12.4. The number of nitrogens with one attached hydrogen (secondary N) is 1. The van der Waals surface area contributed by atoms with Crippen molar-refractivity contribution in [2.75, 3.05) is 18.8 Å². The van der Waals surface area contributed by atoms with Crippen LogP contribution >= 0.6 is 11.8 Å². The Kier molecular flexibility index (Phi) is 5.91. The van der Waals surface area contributed by atoms with Crippen molar-refractivity contribution in [1.29, 1.82) is 0 Å². The number of amides is 1. The van der Waals surface area contributed by atoms with Gasteiger partial charge in [0.2, 0.25) is 15.9 Å². The van der Waals surface area contributed by atoms with E-state index in [9.17, 15) is 17.6 Å². The van der Waals surface area contributed by atoms with Crippen molar-refractivity contribution < 1.29 is 22.1 Å². The van der Waals surface area contributed by atoms with Gasteiger partial charge in [-0.25, -0.2) is 12.8 Å². The van der Waals surface area contributed by atoms with Crippen LogP contribution in [0.15, 0.2) is 32.5 Å². The van der Waals surface area contributed by atoms with E-state index in [0.717, 1.165) is 17.7 Å². The van der Waals surface area contributed by atoms with E-state index < -0.39 is 10.0 Å². The first-order chi connectivity index (χ1) is 14.3. The molecule has 1 saturated heterocycles. The van der Waals surface area contributed by atoms with Gasteiger partial charge in [-0.3, -0.25) is 4.79 Å². The Hall–Kier alpha value is -1.91. The number of nitrogens with zero attached hydrogens (tertiary/aromatic N) is 2. The average Bonchev–Trinajstić information content (AvgIpc) is 3.07. The topological polar surface area (TPSA) is 92.5 Å². The fraction of sp³-hybridized carbons (Fsp3) is 0.500. The van der Waals surface area contributed by atoms with E-state index >= 15 is 0 Å². The summed E-state index contributed by atoms with van der Waals surface area (Å²) >= 11 is 1.47. The number of benzene rings is 1. The van der Waals surface area contributed by atoms with Gasteiger partial charge in [0.15, 0.2) is 5.76 Å². The minimum absolute atomic E-state index is 0.100. The second-order valence-corrected chi connectivity index (χ2v) is 10.7. The van der Waals surface area contributed by atoms with Crippen LogP contribution in [0.4, 0.5) is 4.39 Å². The molecule has 1 aromatic heterocycles. The molecular formula is C20H24FN3O4S2. The number of sulfonamides is 1. The van der Waals surface area contributed by atoms with Crippen LogP contribution in [0.5, 0.6) is 0 Å². The van der Waals surface area contributed by atoms with Crippen LogP contribution in [-0.2, 0) is 14.8 Å². The summed E-state index contributed by atoms with van der Waals surface area (Å²) in [6.07, 6.45) is 1.62. The van der Waals surface area contributed by atoms with Crippen molar-refractivity contribution in [3.05, 3.63) is 41.0 Å². The van der Waals surface area contributed by atoms with E-state index in [2.05, 4.69) is 10.5 Å².